The smallest absolute Gasteiger partial charge is 0.244 e. The van der Waals surface area contributed by atoms with Crippen molar-refractivity contribution in [1.82, 2.24) is 9.29 Å². The van der Waals surface area contributed by atoms with Crippen molar-refractivity contribution >= 4 is 21.8 Å². The zero-order valence-electron chi connectivity index (χ0n) is 17.7. The summed E-state index contributed by atoms with van der Waals surface area (Å²) in [5.41, 5.74) is 4.84. The highest BCUT2D eigenvalue weighted by Crippen LogP contribution is 2.45. The minimum atomic E-state index is -4.04. The molecule has 1 aromatic heterocycles. The molecule has 2 aromatic rings. The number of guanidine groups is 1. The molecule has 172 valence electrons. The van der Waals surface area contributed by atoms with Crippen LogP contribution in [0.25, 0.3) is 0 Å². The molecule has 1 aromatic carbocycles. The number of aromatic nitrogens is 1. The van der Waals surface area contributed by atoms with Crippen molar-refractivity contribution in [1.29, 1.82) is 0 Å². The molecule has 1 fully saturated rings. The van der Waals surface area contributed by atoms with E-state index in [4.69, 9.17) is 15.2 Å². The fraction of sp³-hybridized carbons (Fsp3) is 0.400. The SMILES string of the molecule is COCc1cc(OC)nc(N2C[C@@H]3[C@](c4cc(F)ccc4F)(C2)N=C(N)N(C)S3(=O)=O)c1. The van der Waals surface area contributed by atoms with E-state index in [0.717, 1.165) is 28.1 Å². The van der Waals surface area contributed by atoms with Gasteiger partial charge < -0.3 is 20.1 Å². The van der Waals surface area contributed by atoms with Gasteiger partial charge >= 0.3 is 0 Å². The summed E-state index contributed by atoms with van der Waals surface area (Å²) in [4.78, 5) is 10.5. The summed E-state index contributed by atoms with van der Waals surface area (Å²) < 4.78 is 67.0. The number of anilines is 1. The first-order valence-electron chi connectivity index (χ1n) is 9.70. The Kier molecular flexibility index (Phi) is 5.45. The normalized spacial score (nSPS) is 24.3. The van der Waals surface area contributed by atoms with Crippen molar-refractivity contribution in [2.75, 3.05) is 39.3 Å². The molecule has 0 radical (unpaired) electrons. The number of sulfonamides is 1. The van der Waals surface area contributed by atoms with Crippen LogP contribution >= 0.6 is 0 Å². The van der Waals surface area contributed by atoms with Gasteiger partial charge in [-0.05, 0) is 29.8 Å². The summed E-state index contributed by atoms with van der Waals surface area (Å²) in [6, 6.07) is 6.31. The number of aliphatic imine (C=N–C) groups is 1. The lowest BCUT2D eigenvalue weighted by Gasteiger charge is -2.38. The van der Waals surface area contributed by atoms with Gasteiger partial charge in [-0.1, -0.05) is 0 Å². The van der Waals surface area contributed by atoms with Crippen LogP contribution in [0.5, 0.6) is 5.88 Å². The minimum absolute atomic E-state index is 0.0635. The van der Waals surface area contributed by atoms with E-state index in [1.807, 2.05) is 0 Å². The molecule has 2 N–H and O–H groups in total. The van der Waals surface area contributed by atoms with E-state index in [1.165, 1.54) is 14.2 Å². The number of ether oxygens (including phenoxy) is 2. The summed E-state index contributed by atoms with van der Waals surface area (Å²) in [7, 11) is 0.242. The van der Waals surface area contributed by atoms with Crippen LogP contribution in [-0.2, 0) is 26.9 Å². The van der Waals surface area contributed by atoms with Gasteiger partial charge in [-0.2, -0.15) is 4.98 Å². The quantitative estimate of drug-likeness (QED) is 0.703. The number of pyridine rings is 1. The van der Waals surface area contributed by atoms with E-state index in [-0.39, 0.29) is 31.2 Å². The Balaban J connectivity index is 1.90. The molecule has 2 aliphatic heterocycles. The van der Waals surface area contributed by atoms with Gasteiger partial charge in [0.25, 0.3) is 0 Å². The topological polar surface area (TPSA) is 110 Å². The maximum absolute atomic E-state index is 14.9. The lowest BCUT2D eigenvalue weighted by atomic mass is 9.88. The van der Waals surface area contributed by atoms with Crippen molar-refractivity contribution < 1.29 is 26.7 Å². The van der Waals surface area contributed by atoms with Crippen LogP contribution in [0, 0.1) is 11.6 Å². The van der Waals surface area contributed by atoms with Crippen molar-refractivity contribution in [3.63, 3.8) is 0 Å². The number of hydrogen-bond donors (Lipinski definition) is 1. The van der Waals surface area contributed by atoms with E-state index < -0.39 is 32.4 Å². The Morgan fingerprint density at radius 2 is 2.00 bits per heavy atom. The molecule has 0 saturated carbocycles. The van der Waals surface area contributed by atoms with E-state index in [1.54, 1.807) is 24.1 Å². The van der Waals surface area contributed by atoms with Crippen LogP contribution < -0.4 is 15.4 Å². The Morgan fingerprint density at radius 1 is 1.25 bits per heavy atom. The van der Waals surface area contributed by atoms with Gasteiger partial charge in [-0.3, -0.25) is 0 Å². The van der Waals surface area contributed by atoms with E-state index in [2.05, 4.69) is 9.98 Å². The predicted molar refractivity (Wildman–Crippen MR) is 114 cm³/mol. The van der Waals surface area contributed by atoms with Crippen LogP contribution in [0.2, 0.25) is 0 Å². The highest BCUT2D eigenvalue weighted by molar-refractivity contribution is 7.90. The van der Waals surface area contributed by atoms with Crippen molar-refractivity contribution in [2.24, 2.45) is 10.7 Å². The fourth-order valence-electron chi connectivity index (χ4n) is 4.24. The van der Waals surface area contributed by atoms with Crippen LogP contribution in [-0.4, -0.2) is 63.3 Å². The number of nitrogens with zero attached hydrogens (tertiary/aromatic N) is 4. The zero-order valence-corrected chi connectivity index (χ0v) is 18.6. The Labute approximate surface area is 184 Å². The third kappa shape index (κ3) is 3.43. The van der Waals surface area contributed by atoms with Crippen molar-refractivity contribution in [3.8, 4) is 5.88 Å². The average molecular weight is 467 g/mol. The Morgan fingerprint density at radius 3 is 2.69 bits per heavy atom. The van der Waals surface area contributed by atoms with Crippen molar-refractivity contribution in [3.05, 3.63) is 53.1 Å². The summed E-state index contributed by atoms with van der Waals surface area (Å²) >= 11 is 0. The van der Waals surface area contributed by atoms with Gasteiger partial charge in [-0.25, -0.2) is 26.5 Å². The second-order valence-electron chi connectivity index (χ2n) is 7.71. The van der Waals surface area contributed by atoms with Crippen molar-refractivity contribution in [2.45, 2.75) is 17.4 Å². The number of halogens is 2. The number of fused-ring (bicyclic) bond motifs is 1. The predicted octanol–water partition coefficient (Wildman–Crippen LogP) is 1.19. The largest absolute Gasteiger partial charge is 0.481 e. The van der Waals surface area contributed by atoms with Gasteiger partial charge in [0.1, 0.15) is 28.2 Å². The van der Waals surface area contributed by atoms with E-state index in [0.29, 0.717) is 11.7 Å². The molecular formula is C20H23F2N5O4S. The lowest BCUT2D eigenvalue weighted by Crippen LogP contribution is -2.57. The Hall–Kier alpha value is -2.99. The van der Waals surface area contributed by atoms with Crippen LogP contribution in [0.3, 0.4) is 0 Å². The van der Waals surface area contributed by atoms with Gasteiger partial charge in [0.15, 0.2) is 0 Å². The summed E-state index contributed by atoms with van der Waals surface area (Å²) in [5.74, 6) is -1.08. The van der Waals surface area contributed by atoms with Crippen LogP contribution in [0.4, 0.5) is 14.6 Å². The molecule has 0 aliphatic carbocycles. The molecule has 1 saturated heterocycles. The molecule has 3 heterocycles. The standard InChI is InChI=1S/C20H23F2N5O4S/c1-26-19(23)25-20(14-8-13(21)4-5-15(14)22)11-27(9-16(20)32(26,28)29)17-6-12(10-30-2)7-18(24-17)31-3/h4-8,16H,9-11H2,1-3H3,(H2,23,25)/t16-,20-/m1/s1. The first-order valence-corrected chi connectivity index (χ1v) is 11.2. The molecule has 0 amide bonds. The summed E-state index contributed by atoms with van der Waals surface area (Å²) in [6.45, 7) is 0.128. The third-order valence-corrected chi connectivity index (χ3v) is 8.02. The highest BCUT2D eigenvalue weighted by atomic mass is 32.2. The second kappa shape index (κ2) is 7.85. The highest BCUT2D eigenvalue weighted by Gasteiger charge is 2.59. The third-order valence-electron chi connectivity index (χ3n) is 5.82. The molecule has 12 heteroatoms. The van der Waals surface area contributed by atoms with E-state index >= 15 is 0 Å². The minimum Gasteiger partial charge on any atom is -0.481 e. The number of rotatable bonds is 5. The fourth-order valence-corrected chi connectivity index (χ4v) is 6.03. The molecule has 2 aliphatic rings. The van der Waals surface area contributed by atoms with E-state index in [9.17, 15) is 17.2 Å². The summed E-state index contributed by atoms with van der Waals surface area (Å²) in [5, 5.41) is -1.22. The van der Waals surface area contributed by atoms with Crippen LogP contribution in [0.1, 0.15) is 11.1 Å². The van der Waals surface area contributed by atoms with Gasteiger partial charge in [-0.15, -0.1) is 0 Å². The first-order chi connectivity index (χ1) is 15.1. The molecule has 4 rings (SSSR count). The molecule has 2 atom stereocenters. The molecule has 0 unspecified atom stereocenters. The number of methoxy groups -OCH3 is 2. The van der Waals surface area contributed by atoms with Gasteiger partial charge in [0.05, 0.1) is 20.3 Å². The Bertz CT molecular complexity index is 1190. The number of benzene rings is 1. The molecule has 32 heavy (non-hydrogen) atoms. The monoisotopic (exact) mass is 467 g/mol. The molecule has 9 nitrogen and oxygen atoms in total. The maximum atomic E-state index is 14.9. The second-order valence-corrected chi connectivity index (χ2v) is 9.86. The maximum Gasteiger partial charge on any atom is 0.244 e. The average Bonchev–Trinajstić information content (AvgIpc) is 3.15. The molecule has 0 spiro atoms. The molecular weight excluding hydrogens is 444 g/mol. The molecule has 0 bridgehead atoms. The summed E-state index contributed by atoms with van der Waals surface area (Å²) in [6.07, 6.45) is 0. The van der Waals surface area contributed by atoms with Crippen LogP contribution in [0.15, 0.2) is 35.3 Å². The number of hydrogen-bond acceptors (Lipinski definition) is 8. The van der Waals surface area contributed by atoms with Gasteiger partial charge in [0.2, 0.25) is 21.9 Å². The number of nitrogens with two attached hydrogens (primary N) is 1. The first kappa shape index (κ1) is 22.2. The van der Waals surface area contributed by atoms with Gasteiger partial charge in [0, 0.05) is 32.3 Å². The lowest BCUT2D eigenvalue weighted by molar-refractivity contribution is 0.184. The zero-order chi connectivity index (χ0) is 23.3.